The fraction of sp³-hybridized carbons (Fsp3) is 0.406. The molecule has 10 heteroatoms. The van der Waals surface area contributed by atoms with Crippen LogP contribution in [0.5, 0.6) is 0 Å². The van der Waals surface area contributed by atoms with Gasteiger partial charge in [-0.2, -0.15) is 5.10 Å². The first-order valence-corrected chi connectivity index (χ1v) is 15.4. The lowest BCUT2D eigenvalue weighted by molar-refractivity contribution is 0.0629. The second-order valence-corrected chi connectivity index (χ2v) is 12.0. The van der Waals surface area contributed by atoms with Gasteiger partial charge in [0.2, 0.25) is 0 Å². The number of nitrogens with zero attached hydrogens (tertiary/aromatic N) is 7. The highest BCUT2D eigenvalue weighted by Crippen LogP contribution is 2.38. The number of benzene rings is 2. The molecule has 2 fully saturated rings. The first-order valence-electron chi connectivity index (χ1n) is 15.0. The third-order valence-corrected chi connectivity index (χ3v) is 9.58. The van der Waals surface area contributed by atoms with E-state index in [4.69, 9.17) is 22.4 Å². The van der Waals surface area contributed by atoms with E-state index in [0.29, 0.717) is 18.4 Å². The number of anilines is 1. The highest BCUT2D eigenvalue weighted by atomic mass is 35.5. The van der Waals surface area contributed by atoms with Crippen LogP contribution in [0.1, 0.15) is 37.3 Å². The molecule has 0 unspecified atom stereocenters. The van der Waals surface area contributed by atoms with E-state index in [1.54, 1.807) is 6.33 Å². The molecular weight excluding hydrogens is 548 g/mol. The fourth-order valence-corrected chi connectivity index (χ4v) is 7.10. The van der Waals surface area contributed by atoms with Crippen molar-refractivity contribution in [3.05, 3.63) is 71.6 Å². The number of fused-ring (bicyclic) bond motifs is 2. The largest absolute Gasteiger partial charge is 0.395 e. The Balaban J connectivity index is 1.13. The van der Waals surface area contributed by atoms with Gasteiger partial charge in [0, 0.05) is 73.0 Å². The van der Waals surface area contributed by atoms with Gasteiger partial charge < -0.3 is 15.4 Å². The number of nitrogens with two attached hydrogens (primary N) is 1. The van der Waals surface area contributed by atoms with Crippen LogP contribution < -0.4 is 5.73 Å². The monoisotopic (exact) mass is 584 g/mol. The maximum atomic E-state index is 9.26. The minimum absolute atomic E-state index is 0.239. The van der Waals surface area contributed by atoms with Gasteiger partial charge in [-0.25, -0.2) is 14.6 Å². The third-order valence-electron chi connectivity index (χ3n) is 9.21. The summed E-state index contributed by atoms with van der Waals surface area (Å²) >= 11 is 6.44. The van der Waals surface area contributed by atoms with Gasteiger partial charge in [-0.3, -0.25) is 9.80 Å². The zero-order chi connectivity index (χ0) is 28.6. The standard InChI is InChI=1S/C32H37ClN8O/c33-27-4-2-1-3-24(27)20-40-12-11-22-19-23(5-10-28(22)40)30-29-31(34)35-21-36-32(29)41(37-30)26-8-6-25(7-9-26)39-15-13-38(14-16-39)17-18-42/h1-5,10-12,19,21,25-26,42H,6-9,13-18,20H2,(H2,34,35,36)/t25-,26-. The molecule has 218 valence electrons. The Labute approximate surface area is 250 Å². The molecule has 1 saturated heterocycles. The van der Waals surface area contributed by atoms with E-state index in [-0.39, 0.29) is 12.6 Å². The molecule has 2 aromatic carbocycles. The molecule has 0 bridgehead atoms. The molecule has 0 radical (unpaired) electrons. The van der Waals surface area contributed by atoms with Crippen molar-refractivity contribution in [1.82, 2.24) is 34.1 Å². The molecule has 9 nitrogen and oxygen atoms in total. The molecule has 2 aliphatic rings. The Morgan fingerprint density at radius 3 is 2.50 bits per heavy atom. The smallest absolute Gasteiger partial charge is 0.164 e. The van der Waals surface area contributed by atoms with Crippen LogP contribution in [0.2, 0.25) is 5.02 Å². The number of rotatable bonds is 7. The molecular formula is C32H37ClN8O. The summed E-state index contributed by atoms with van der Waals surface area (Å²) in [6, 6.07) is 17.5. The Morgan fingerprint density at radius 1 is 0.929 bits per heavy atom. The van der Waals surface area contributed by atoms with E-state index < -0.39 is 0 Å². The van der Waals surface area contributed by atoms with E-state index in [0.717, 1.165) is 102 Å². The van der Waals surface area contributed by atoms with Gasteiger partial charge in [0.25, 0.3) is 0 Å². The Bertz CT molecular complexity index is 1700. The molecule has 1 aliphatic heterocycles. The lowest BCUT2D eigenvalue weighted by Gasteiger charge is -2.41. The van der Waals surface area contributed by atoms with E-state index >= 15 is 0 Å². The molecule has 4 heterocycles. The van der Waals surface area contributed by atoms with Gasteiger partial charge in [-0.15, -0.1) is 0 Å². The number of aliphatic hydroxyl groups excluding tert-OH is 1. The number of hydrogen-bond acceptors (Lipinski definition) is 7. The lowest BCUT2D eigenvalue weighted by Crippen LogP contribution is -2.51. The second-order valence-electron chi connectivity index (χ2n) is 11.6. The van der Waals surface area contributed by atoms with Crippen molar-refractivity contribution in [1.29, 1.82) is 0 Å². The van der Waals surface area contributed by atoms with Crippen LogP contribution in [0.4, 0.5) is 5.82 Å². The SMILES string of the molecule is Nc1ncnc2c1c(-c1ccc3c(ccn3Cc3ccccc3Cl)c1)nn2[C@H]1CC[C@H](N2CCN(CCO)CC2)CC1. The van der Waals surface area contributed by atoms with E-state index in [1.807, 2.05) is 18.2 Å². The van der Waals surface area contributed by atoms with Crippen LogP contribution in [0.15, 0.2) is 61.1 Å². The minimum atomic E-state index is 0.239. The number of hydrogen-bond donors (Lipinski definition) is 2. The molecule has 0 amide bonds. The average molecular weight is 585 g/mol. The van der Waals surface area contributed by atoms with Crippen LogP contribution in [0.3, 0.4) is 0 Å². The highest BCUT2D eigenvalue weighted by Gasteiger charge is 2.31. The Morgan fingerprint density at radius 2 is 1.71 bits per heavy atom. The predicted octanol–water partition coefficient (Wildman–Crippen LogP) is 4.83. The molecule has 0 spiro atoms. The van der Waals surface area contributed by atoms with Crippen LogP contribution in [-0.2, 0) is 6.54 Å². The molecule has 7 rings (SSSR count). The maximum Gasteiger partial charge on any atom is 0.164 e. The Hall–Kier alpha value is -3.50. The van der Waals surface area contributed by atoms with Crippen LogP contribution >= 0.6 is 11.6 Å². The summed E-state index contributed by atoms with van der Waals surface area (Å²) in [7, 11) is 0. The van der Waals surface area contributed by atoms with Crippen molar-refractivity contribution in [2.75, 3.05) is 45.1 Å². The molecule has 3 N–H and O–H groups in total. The van der Waals surface area contributed by atoms with Crippen molar-refractivity contribution >= 4 is 39.4 Å². The summed E-state index contributed by atoms with van der Waals surface area (Å²) in [5, 5.41) is 17.2. The van der Waals surface area contributed by atoms with Gasteiger partial charge in [0.05, 0.1) is 18.0 Å². The fourth-order valence-electron chi connectivity index (χ4n) is 6.91. The topological polar surface area (TPSA) is 101 Å². The normalized spacial score (nSPS) is 20.5. The van der Waals surface area contributed by atoms with E-state index in [2.05, 4.69) is 65.5 Å². The summed E-state index contributed by atoms with van der Waals surface area (Å²) in [6.07, 6.45) is 8.07. The highest BCUT2D eigenvalue weighted by molar-refractivity contribution is 6.31. The van der Waals surface area contributed by atoms with Crippen molar-refractivity contribution in [3.8, 4) is 11.3 Å². The van der Waals surface area contributed by atoms with Gasteiger partial charge >= 0.3 is 0 Å². The summed E-state index contributed by atoms with van der Waals surface area (Å²) < 4.78 is 4.34. The van der Waals surface area contributed by atoms with E-state index in [9.17, 15) is 5.11 Å². The summed E-state index contributed by atoms with van der Waals surface area (Å²) in [4.78, 5) is 14.0. The molecule has 42 heavy (non-hydrogen) atoms. The number of halogens is 1. The first-order chi connectivity index (χ1) is 20.6. The zero-order valence-electron chi connectivity index (χ0n) is 23.7. The van der Waals surface area contributed by atoms with Crippen molar-refractivity contribution in [3.63, 3.8) is 0 Å². The third kappa shape index (κ3) is 5.15. The number of β-amino-alcohol motifs (C(OH)–C–C–N with tert-alkyl or cyclic N) is 1. The van der Waals surface area contributed by atoms with Crippen molar-refractivity contribution in [2.24, 2.45) is 0 Å². The van der Waals surface area contributed by atoms with E-state index in [1.165, 1.54) is 0 Å². The summed E-state index contributed by atoms with van der Waals surface area (Å²) in [5.41, 5.74) is 11.4. The summed E-state index contributed by atoms with van der Waals surface area (Å²) in [6.45, 7) is 5.97. The van der Waals surface area contributed by atoms with Crippen molar-refractivity contribution < 1.29 is 5.11 Å². The first kappa shape index (κ1) is 27.3. The predicted molar refractivity (Wildman–Crippen MR) is 168 cm³/mol. The van der Waals surface area contributed by atoms with Crippen LogP contribution in [0.25, 0.3) is 33.2 Å². The number of aromatic nitrogens is 5. The van der Waals surface area contributed by atoms with Crippen LogP contribution in [-0.4, -0.2) is 84.6 Å². The maximum absolute atomic E-state index is 9.26. The number of aliphatic hydroxyl groups is 1. The Kier molecular flexibility index (Phi) is 7.58. The average Bonchev–Trinajstić information content (AvgIpc) is 3.61. The molecule has 5 aromatic rings. The number of nitrogen functional groups attached to an aromatic ring is 1. The minimum Gasteiger partial charge on any atom is -0.395 e. The quantitative estimate of drug-likeness (QED) is 0.283. The second kappa shape index (κ2) is 11.6. The molecule has 3 aromatic heterocycles. The van der Waals surface area contributed by atoms with Gasteiger partial charge in [0.15, 0.2) is 5.65 Å². The molecule has 0 atom stereocenters. The summed E-state index contributed by atoms with van der Waals surface area (Å²) in [5.74, 6) is 0.465. The lowest BCUT2D eigenvalue weighted by atomic mass is 9.90. The molecule has 1 aliphatic carbocycles. The van der Waals surface area contributed by atoms with Crippen LogP contribution in [0, 0.1) is 0 Å². The zero-order valence-corrected chi connectivity index (χ0v) is 24.5. The van der Waals surface area contributed by atoms with Gasteiger partial charge in [0.1, 0.15) is 17.8 Å². The van der Waals surface area contributed by atoms with Gasteiger partial charge in [-0.1, -0.05) is 35.9 Å². The molecule has 1 saturated carbocycles. The van der Waals surface area contributed by atoms with Gasteiger partial charge in [-0.05, 0) is 55.5 Å². The van der Waals surface area contributed by atoms with Crippen molar-refractivity contribution in [2.45, 2.75) is 44.3 Å². The number of piperazine rings is 1.